The van der Waals surface area contributed by atoms with Gasteiger partial charge in [-0.3, -0.25) is 9.69 Å². The number of hydrogen-bond acceptors (Lipinski definition) is 6. The predicted molar refractivity (Wildman–Crippen MR) is 181 cm³/mol. The van der Waals surface area contributed by atoms with Crippen molar-refractivity contribution in [2.45, 2.75) is 20.8 Å². The lowest BCUT2D eigenvalue weighted by Gasteiger charge is -2.37. The van der Waals surface area contributed by atoms with Crippen molar-refractivity contribution >= 4 is 35.3 Å². The van der Waals surface area contributed by atoms with Crippen molar-refractivity contribution in [3.8, 4) is 11.1 Å². The number of hydrogen-bond donors (Lipinski definition) is 1. The summed E-state index contributed by atoms with van der Waals surface area (Å²) in [5.41, 5.74) is 4.78. The smallest absolute Gasteiger partial charge is 0.340 e. The van der Waals surface area contributed by atoms with Crippen molar-refractivity contribution in [1.29, 1.82) is 0 Å². The van der Waals surface area contributed by atoms with Gasteiger partial charge in [0, 0.05) is 45.2 Å². The van der Waals surface area contributed by atoms with Gasteiger partial charge in [0.1, 0.15) is 11.7 Å². The Morgan fingerprint density at radius 3 is 2.13 bits per heavy atom. The number of aliphatic imine (C=N–C) groups is 1. The number of para-hydroxylation sites is 1. The molecule has 1 aliphatic rings. The normalized spacial score (nSPS) is 14.0. The van der Waals surface area contributed by atoms with Crippen LogP contribution in [-0.4, -0.2) is 71.8 Å². The van der Waals surface area contributed by atoms with E-state index in [1.807, 2.05) is 78.9 Å². The number of carbonyl (C=O) groups is 2. The summed E-state index contributed by atoms with van der Waals surface area (Å²) in [5.74, 6) is 0.266. The second-order valence-electron chi connectivity index (χ2n) is 10.8. The highest BCUT2D eigenvalue weighted by Crippen LogP contribution is 2.36. The molecule has 0 saturated carbocycles. The Labute approximate surface area is 265 Å². The minimum Gasteiger partial charge on any atom is -0.462 e. The molecule has 4 aromatic rings. The molecule has 0 unspecified atom stereocenters. The zero-order valence-electron chi connectivity index (χ0n) is 26.1. The summed E-state index contributed by atoms with van der Waals surface area (Å²) < 4.78 is 5.54. The summed E-state index contributed by atoms with van der Waals surface area (Å²) in [4.78, 5) is 40.7. The average Bonchev–Trinajstić information content (AvgIpc) is 3.05. The van der Waals surface area contributed by atoms with Crippen LogP contribution in [0.3, 0.4) is 0 Å². The number of anilines is 1. The number of carbonyl (C=O) groups excluding carboxylic acids is 2. The number of pyridine rings is 1. The first-order valence-electron chi connectivity index (χ1n) is 15.3. The van der Waals surface area contributed by atoms with Crippen molar-refractivity contribution in [1.82, 2.24) is 14.8 Å². The Hall–Kier alpha value is -5.08. The molecular formula is C37H39N5O3. The van der Waals surface area contributed by atoms with Crippen LogP contribution >= 0.6 is 0 Å². The highest BCUT2D eigenvalue weighted by atomic mass is 16.5. The van der Waals surface area contributed by atoms with E-state index in [0.717, 1.165) is 30.9 Å². The van der Waals surface area contributed by atoms with Crippen LogP contribution in [0.15, 0.2) is 102 Å². The van der Waals surface area contributed by atoms with E-state index in [1.54, 1.807) is 13.8 Å². The van der Waals surface area contributed by atoms with E-state index in [2.05, 4.69) is 39.4 Å². The van der Waals surface area contributed by atoms with Crippen LogP contribution in [0, 0.1) is 6.92 Å². The molecule has 2 heterocycles. The van der Waals surface area contributed by atoms with Crippen LogP contribution < -0.4 is 5.32 Å². The minimum atomic E-state index is -0.467. The van der Waals surface area contributed by atoms with E-state index < -0.39 is 5.97 Å². The van der Waals surface area contributed by atoms with Crippen molar-refractivity contribution < 1.29 is 14.3 Å². The van der Waals surface area contributed by atoms with Crippen LogP contribution in [0.2, 0.25) is 0 Å². The molecule has 1 aliphatic heterocycles. The summed E-state index contributed by atoms with van der Waals surface area (Å²) in [7, 11) is 0. The largest absolute Gasteiger partial charge is 0.462 e. The topological polar surface area (TPSA) is 87.1 Å². The number of esters is 1. The van der Waals surface area contributed by atoms with Gasteiger partial charge in [0.05, 0.1) is 29.1 Å². The molecule has 3 aromatic carbocycles. The highest BCUT2D eigenvalue weighted by molar-refractivity contribution is 6.15. The Balaban J connectivity index is 1.61. The summed E-state index contributed by atoms with van der Waals surface area (Å²) in [6.07, 6.45) is 4.34. The second kappa shape index (κ2) is 15.1. The van der Waals surface area contributed by atoms with Crippen molar-refractivity contribution in [2.24, 2.45) is 4.99 Å². The number of piperazine rings is 1. The Bertz CT molecular complexity index is 1660. The summed E-state index contributed by atoms with van der Waals surface area (Å²) in [6.45, 7) is 9.08. The average molecular weight is 602 g/mol. The first-order chi connectivity index (χ1) is 21.9. The van der Waals surface area contributed by atoms with Gasteiger partial charge in [0.25, 0.3) is 0 Å². The Morgan fingerprint density at radius 1 is 0.889 bits per heavy atom. The molecule has 8 nitrogen and oxygen atoms in total. The summed E-state index contributed by atoms with van der Waals surface area (Å²) in [6, 6.07) is 29.7. The molecule has 45 heavy (non-hydrogen) atoms. The van der Waals surface area contributed by atoms with Crippen LogP contribution in [0.4, 0.5) is 11.5 Å². The maximum Gasteiger partial charge on any atom is 0.340 e. The molecule has 1 N–H and O–H groups in total. The molecule has 0 atom stereocenters. The van der Waals surface area contributed by atoms with Gasteiger partial charge in [0.2, 0.25) is 5.91 Å². The van der Waals surface area contributed by atoms with E-state index in [-0.39, 0.29) is 12.5 Å². The minimum absolute atomic E-state index is 0.223. The van der Waals surface area contributed by atoms with Gasteiger partial charge in [0.15, 0.2) is 0 Å². The van der Waals surface area contributed by atoms with E-state index in [9.17, 15) is 9.59 Å². The maximum atomic E-state index is 13.5. The third-order valence-corrected chi connectivity index (χ3v) is 7.57. The SMILES string of the molecule is CCOC(=O)c1c(C)nc(NC(C)=O)c(C(=Nc2ccccc2)N2CCN(C/C=C/c3ccccc3)CC2)c1-c1ccccc1. The zero-order valence-corrected chi connectivity index (χ0v) is 26.1. The first kappa shape index (κ1) is 31.3. The number of aryl methyl sites for hydroxylation is 1. The molecular weight excluding hydrogens is 562 g/mol. The summed E-state index contributed by atoms with van der Waals surface area (Å²) >= 11 is 0. The quantitative estimate of drug-likeness (QED) is 0.132. The monoisotopic (exact) mass is 601 g/mol. The third kappa shape index (κ3) is 7.91. The molecule has 5 rings (SSSR count). The fourth-order valence-electron chi connectivity index (χ4n) is 5.48. The van der Waals surface area contributed by atoms with Gasteiger partial charge in [-0.1, -0.05) is 91.0 Å². The molecule has 1 saturated heterocycles. The number of ether oxygens (including phenoxy) is 1. The number of nitrogens with one attached hydrogen (secondary N) is 1. The first-order valence-corrected chi connectivity index (χ1v) is 15.3. The lowest BCUT2D eigenvalue weighted by Crippen LogP contribution is -2.49. The number of amidine groups is 1. The van der Waals surface area contributed by atoms with Crippen molar-refractivity contribution in [2.75, 3.05) is 44.6 Å². The lowest BCUT2D eigenvalue weighted by molar-refractivity contribution is -0.114. The van der Waals surface area contributed by atoms with Crippen molar-refractivity contribution in [3.63, 3.8) is 0 Å². The van der Waals surface area contributed by atoms with Gasteiger partial charge in [-0.15, -0.1) is 0 Å². The van der Waals surface area contributed by atoms with Crippen LogP contribution in [0.1, 0.15) is 41.0 Å². The van der Waals surface area contributed by atoms with Crippen LogP contribution in [-0.2, 0) is 9.53 Å². The standard InChI is InChI=1S/C37H39N5O3/c1-4-45-37(44)32-27(2)38-35(39-28(3)43)34(33(32)30-18-10-6-11-19-30)36(40-31-20-12-7-13-21-31)42-25-23-41(24-26-42)22-14-17-29-15-8-5-9-16-29/h5-21H,4,22-26H2,1-3H3,(H,38,39,43)/b17-14+,40-36?. The predicted octanol–water partition coefficient (Wildman–Crippen LogP) is 6.60. The number of aromatic nitrogens is 1. The van der Waals surface area contributed by atoms with E-state index >= 15 is 0 Å². The molecule has 1 amide bonds. The molecule has 0 aliphatic carbocycles. The van der Waals surface area contributed by atoms with Gasteiger partial charge in [-0.2, -0.15) is 0 Å². The molecule has 0 spiro atoms. The fraction of sp³-hybridized carbons (Fsp3) is 0.243. The van der Waals surface area contributed by atoms with Crippen LogP contribution in [0.25, 0.3) is 17.2 Å². The van der Waals surface area contributed by atoms with Gasteiger partial charge in [-0.05, 0) is 37.1 Å². The second-order valence-corrected chi connectivity index (χ2v) is 10.8. The number of amides is 1. The number of nitrogens with zero attached hydrogens (tertiary/aromatic N) is 4. The fourth-order valence-corrected chi connectivity index (χ4v) is 5.48. The Morgan fingerprint density at radius 2 is 1.51 bits per heavy atom. The molecule has 0 radical (unpaired) electrons. The zero-order chi connectivity index (χ0) is 31.6. The van der Waals surface area contributed by atoms with E-state index in [1.165, 1.54) is 12.5 Å². The van der Waals surface area contributed by atoms with E-state index in [4.69, 9.17) is 14.7 Å². The van der Waals surface area contributed by atoms with Gasteiger partial charge < -0.3 is 15.0 Å². The third-order valence-electron chi connectivity index (χ3n) is 7.57. The molecule has 1 fully saturated rings. The highest BCUT2D eigenvalue weighted by Gasteiger charge is 2.31. The molecule has 1 aromatic heterocycles. The van der Waals surface area contributed by atoms with E-state index in [0.29, 0.717) is 47.1 Å². The number of benzene rings is 3. The van der Waals surface area contributed by atoms with Crippen LogP contribution in [0.5, 0.6) is 0 Å². The maximum absolute atomic E-state index is 13.5. The molecule has 230 valence electrons. The molecule has 8 heteroatoms. The summed E-state index contributed by atoms with van der Waals surface area (Å²) in [5, 5.41) is 2.95. The number of rotatable bonds is 9. The van der Waals surface area contributed by atoms with Gasteiger partial charge in [-0.25, -0.2) is 14.8 Å². The van der Waals surface area contributed by atoms with Gasteiger partial charge >= 0.3 is 5.97 Å². The Kier molecular flexibility index (Phi) is 10.5. The van der Waals surface area contributed by atoms with Crippen molar-refractivity contribution in [3.05, 3.63) is 119 Å². The molecule has 0 bridgehead atoms. The lowest BCUT2D eigenvalue weighted by atomic mass is 9.92.